The lowest BCUT2D eigenvalue weighted by Crippen LogP contribution is -2.35. The zero-order valence-corrected chi connectivity index (χ0v) is 16.9. The largest absolute Gasteiger partial charge is 0.478 e. The lowest BCUT2D eigenvalue weighted by atomic mass is 9.99. The Labute approximate surface area is 172 Å². The standard InChI is InChI=1S/C24H29NO4/c1-17-3-2-4-19(15-17)16-22(26)11-9-21-10-12-23(27)25(21)14-13-18-5-7-20(8-6-18)24(28)29/h2-8,15,21-22,26H,9-14,16H2,1H3,(H,28,29). The quantitative estimate of drug-likeness (QED) is 0.680. The monoisotopic (exact) mass is 395 g/mol. The molecule has 5 nitrogen and oxygen atoms in total. The average Bonchev–Trinajstić information content (AvgIpc) is 3.04. The van der Waals surface area contributed by atoms with E-state index in [4.69, 9.17) is 5.11 Å². The van der Waals surface area contributed by atoms with Gasteiger partial charge < -0.3 is 15.1 Å². The first-order valence-electron chi connectivity index (χ1n) is 10.3. The fraction of sp³-hybridized carbons (Fsp3) is 0.417. The van der Waals surface area contributed by atoms with Gasteiger partial charge >= 0.3 is 5.97 Å². The van der Waals surface area contributed by atoms with Gasteiger partial charge in [-0.1, -0.05) is 42.0 Å². The fourth-order valence-electron chi connectivity index (χ4n) is 4.06. The van der Waals surface area contributed by atoms with E-state index in [2.05, 4.69) is 6.07 Å². The summed E-state index contributed by atoms with van der Waals surface area (Å²) in [5, 5.41) is 19.4. The van der Waals surface area contributed by atoms with Gasteiger partial charge in [-0.25, -0.2) is 4.79 Å². The Morgan fingerprint density at radius 3 is 2.62 bits per heavy atom. The highest BCUT2D eigenvalue weighted by Crippen LogP contribution is 2.24. The molecule has 0 saturated carbocycles. The van der Waals surface area contributed by atoms with Crippen LogP contribution in [0.1, 0.15) is 52.7 Å². The summed E-state index contributed by atoms with van der Waals surface area (Å²) in [5.74, 6) is -0.763. The third-order valence-electron chi connectivity index (χ3n) is 5.68. The summed E-state index contributed by atoms with van der Waals surface area (Å²) in [4.78, 5) is 25.2. The Morgan fingerprint density at radius 1 is 1.17 bits per heavy atom. The van der Waals surface area contributed by atoms with Crippen molar-refractivity contribution in [2.45, 2.75) is 57.6 Å². The van der Waals surface area contributed by atoms with E-state index in [0.717, 1.165) is 24.0 Å². The number of aromatic carboxylic acids is 1. The highest BCUT2D eigenvalue weighted by Gasteiger charge is 2.30. The van der Waals surface area contributed by atoms with Crippen LogP contribution in [0, 0.1) is 6.92 Å². The van der Waals surface area contributed by atoms with Crippen LogP contribution in [0.5, 0.6) is 0 Å². The molecule has 0 bridgehead atoms. The fourth-order valence-corrected chi connectivity index (χ4v) is 4.06. The van der Waals surface area contributed by atoms with Crippen molar-refractivity contribution in [3.05, 3.63) is 70.8 Å². The van der Waals surface area contributed by atoms with Crippen molar-refractivity contribution < 1.29 is 19.8 Å². The molecule has 1 amide bonds. The van der Waals surface area contributed by atoms with E-state index in [9.17, 15) is 14.7 Å². The average molecular weight is 395 g/mol. The Hall–Kier alpha value is -2.66. The molecule has 0 radical (unpaired) electrons. The molecule has 1 aliphatic rings. The predicted octanol–water partition coefficient (Wildman–Crippen LogP) is 3.61. The summed E-state index contributed by atoms with van der Waals surface area (Å²) in [6, 6.07) is 15.2. The summed E-state index contributed by atoms with van der Waals surface area (Å²) >= 11 is 0. The Bertz CT molecular complexity index is 846. The number of aliphatic hydroxyl groups is 1. The number of carbonyl (C=O) groups excluding carboxylic acids is 1. The van der Waals surface area contributed by atoms with Crippen molar-refractivity contribution in [2.75, 3.05) is 6.54 Å². The Balaban J connectivity index is 1.49. The lowest BCUT2D eigenvalue weighted by molar-refractivity contribution is -0.129. The van der Waals surface area contributed by atoms with Gasteiger partial charge in [0.2, 0.25) is 5.91 Å². The normalized spacial score (nSPS) is 17.5. The first kappa shape index (κ1) is 21.1. The molecule has 2 unspecified atom stereocenters. The molecule has 154 valence electrons. The number of benzene rings is 2. The number of aliphatic hydroxyl groups excluding tert-OH is 1. The van der Waals surface area contributed by atoms with Gasteiger partial charge in [0, 0.05) is 19.0 Å². The molecule has 29 heavy (non-hydrogen) atoms. The van der Waals surface area contributed by atoms with E-state index in [0.29, 0.717) is 32.2 Å². The maximum Gasteiger partial charge on any atom is 0.335 e. The van der Waals surface area contributed by atoms with Gasteiger partial charge in [-0.15, -0.1) is 0 Å². The number of hydrogen-bond donors (Lipinski definition) is 2. The number of nitrogens with zero attached hydrogens (tertiary/aromatic N) is 1. The predicted molar refractivity (Wildman–Crippen MR) is 112 cm³/mol. The van der Waals surface area contributed by atoms with Gasteiger partial charge in [-0.2, -0.15) is 0 Å². The van der Waals surface area contributed by atoms with E-state index in [1.165, 1.54) is 5.56 Å². The van der Waals surface area contributed by atoms with Gasteiger partial charge in [-0.05, 0) is 62.3 Å². The van der Waals surface area contributed by atoms with E-state index >= 15 is 0 Å². The molecule has 1 saturated heterocycles. The number of aryl methyl sites for hydroxylation is 1. The van der Waals surface area contributed by atoms with Gasteiger partial charge in [0.15, 0.2) is 0 Å². The van der Waals surface area contributed by atoms with Gasteiger partial charge in [0.1, 0.15) is 0 Å². The van der Waals surface area contributed by atoms with E-state index < -0.39 is 12.1 Å². The molecule has 0 aromatic heterocycles. The van der Waals surface area contributed by atoms with E-state index in [1.54, 1.807) is 12.1 Å². The first-order valence-corrected chi connectivity index (χ1v) is 10.3. The third kappa shape index (κ3) is 5.91. The Morgan fingerprint density at radius 2 is 1.93 bits per heavy atom. The number of rotatable bonds is 9. The molecule has 1 aliphatic heterocycles. The van der Waals surface area contributed by atoms with Gasteiger partial charge in [0.25, 0.3) is 0 Å². The minimum Gasteiger partial charge on any atom is -0.478 e. The van der Waals surface area contributed by atoms with Crippen LogP contribution in [0.4, 0.5) is 0 Å². The zero-order chi connectivity index (χ0) is 20.8. The van der Waals surface area contributed by atoms with Crippen LogP contribution in [0.3, 0.4) is 0 Å². The maximum absolute atomic E-state index is 12.3. The SMILES string of the molecule is Cc1cccc(CC(O)CCC2CCC(=O)N2CCc2ccc(C(=O)O)cc2)c1. The molecule has 0 spiro atoms. The molecule has 2 N–H and O–H groups in total. The van der Waals surface area contributed by atoms with Crippen LogP contribution in [0.15, 0.2) is 48.5 Å². The summed E-state index contributed by atoms with van der Waals surface area (Å²) < 4.78 is 0. The number of carbonyl (C=O) groups is 2. The maximum atomic E-state index is 12.3. The number of likely N-dealkylation sites (tertiary alicyclic amines) is 1. The topological polar surface area (TPSA) is 77.8 Å². The third-order valence-corrected chi connectivity index (χ3v) is 5.68. The van der Waals surface area contributed by atoms with Crippen molar-refractivity contribution in [1.82, 2.24) is 4.90 Å². The van der Waals surface area contributed by atoms with Crippen LogP contribution >= 0.6 is 0 Å². The Kier molecular flexibility index (Phi) is 7.04. The van der Waals surface area contributed by atoms with Crippen molar-refractivity contribution in [3.63, 3.8) is 0 Å². The smallest absolute Gasteiger partial charge is 0.335 e. The van der Waals surface area contributed by atoms with Crippen molar-refractivity contribution >= 4 is 11.9 Å². The molecule has 2 aromatic rings. The van der Waals surface area contributed by atoms with Crippen molar-refractivity contribution in [1.29, 1.82) is 0 Å². The van der Waals surface area contributed by atoms with Crippen LogP contribution in [-0.4, -0.2) is 45.7 Å². The second kappa shape index (κ2) is 9.70. The summed E-state index contributed by atoms with van der Waals surface area (Å²) in [6.07, 6.45) is 3.82. The minimum absolute atomic E-state index is 0.172. The molecule has 1 fully saturated rings. The van der Waals surface area contributed by atoms with Gasteiger partial charge in [0.05, 0.1) is 11.7 Å². The molecule has 2 atom stereocenters. The summed E-state index contributed by atoms with van der Waals surface area (Å²) in [6.45, 7) is 2.68. The number of carboxylic acid groups (broad SMARTS) is 1. The lowest BCUT2D eigenvalue weighted by Gasteiger charge is -2.26. The number of hydrogen-bond acceptors (Lipinski definition) is 3. The molecule has 2 aromatic carbocycles. The first-order chi connectivity index (χ1) is 13.9. The summed E-state index contributed by atoms with van der Waals surface area (Å²) in [5.41, 5.74) is 3.62. The van der Waals surface area contributed by atoms with E-state index in [-0.39, 0.29) is 17.5 Å². The molecule has 5 heteroatoms. The number of amides is 1. The second-order valence-corrected chi connectivity index (χ2v) is 7.96. The van der Waals surface area contributed by atoms with E-state index in [1.807, 2.05) is 42.2 Å². The van der Waals surface area contributed by atoms with Crippen molar-refractivity contribution in [3.8, 4) is 0 Å². The van der Waals surface area contributed by atoms with Crippen LogP contribution < -0.4 is 0 Å². The summed E-state index contributed by atoms with van der Waals surface area (Å²) in [7, 11) is 0. The number of carboxylic acids is 1. The van der Waals surface area contributed by atoms with Gasteiger partial charge in [-0.3, -0.25) is 4.79 Å². The van der Waals surface area contributed by atoms with Crippen LogP contribution in [-0.2, 0) is 17.6 Å². The zero-order valence-electron chi connectivity index (χ0n) is 16.9. The highest BCUT2D eigenvalue weighted by atomic mass is 16.4. The molecule has 1 heterocycles. The molecule has 0 aliphatic carbocycles. The van der Waals surface area contributed by atoms with Crippen LogP contribution in [0.2, 0.25) is 0 Å². The minimum atomic E-state index is -0.935. The molecule has 3 rings (SSSR count). The van der Waals surface area contributed by atoms with Crippen LogP contribution in [0.25, 0.3) is 0 Å². The van der Waals surface area contributed by atoms with Crippen molar-refractivity contribution in [2.24, 2.45) is 0 Å². The highest BCUT2D eigenvalue weighted by molar-refractivity contribution is 5.87. The second-order valence-electron chi connectivity index (χ2n) is 7.96. The molecular weight excluding hydrogens is 366 g/mol. The molecular formula is C24H29NO4.